The Balaban J connectivity index is 0.00000134. The molecule has 0 saturated carbocycles. The maximum atomic E-state index is 12.7. The molecular formula is C34H39N7O4S. The van der Waals surface area contributed by atoms with Gasteiger partial charge in [0.2, 0.25) is 0 Å². The number of aromatic nitrogens is 3. The highest BCUT2D eigenvalue weighted by atomic mass is 32.2. The van der Waals surface area contributed by atoms with Crippen LogP contribution in [0.25, 0.3) is 22.2 Å². The van der Waals surface area contributed by atoms with Crippen molar-refractivity contribution in [1.82, 2.24) is 24.3 Å². The van der Waals surface area contributed by atoms with E-state index in [0.717, 1.165) is 68.2 Å². The molecule has 0 radical (unpaired) electrons. The molecule has 3 aromatic carbocycles. The summed E-state index contributed by atoms with van der Waals surface area (Å²) in [6.45, 7) is 8.43. The molecule has 46 heavy (non-hydrogen) atoms. The van der Waals surface area contributed by atoms with Crippen LogP contribution >= 0.6 is 0 Å². The number of piperazine rings is 1. The molecule has 240 valence electrons. The molecule has 0 spiro atoms. The van der Waals surface area contributed by atoms with Crippen molar-refractivity contribution in [3.8, 4) is 11.3 Å². The third-order valence-corrected chi connectivity index (χ3v) is 9.34. The summed E-state index contributed by atoms with van der Waals surface area (Å²) in [5, 5.41) is 11.4. The van der Waals surface area contributed by atoms with Crippen molar-refractivity contribution in [2.75, 3.05) is 49.8 Å². The van der Waals surface area contributed by atoms with E-state index in [1.807, 2.05) is 25.1 Å². The number of sulfonamides is 1. The Bertz CT molecular complexity index is 1850. The number of hydrogen-bond acceptors (Lipinski definition) is 8. The number of anilines is 3. The number of hydrogen-bond donors (Lipinski definition) is 3. The SMILES string of the molecule is Cc1ccc(S(=O)(=O)Nc2ccc(Nc3cc(-c4ccc5c(ccn5CCCN5CCN(C)CC5)c4)ncn3)cc2)cc1.O=CO. The molecule has 0 amide bonds. The summed E-state index contributed by atoms with van der Waals surface area (Å²) in [6.07, 6.45) is 4.86. The van der Waals surface area contributed by atoms with Crippen LogP contribution < -0.4 is 10.0 Å². The average molecular weight is 642 g/mol. The number of likely N-dealkylation sites (N-methyl/N-ethyl adjacent to an activating group) is 1. The maximum Gasteiger partial charge on any atom is 0.290 e. The third kappa shape index (κ3) is 8.47. The fourth-order valence-corrected chi connectivity index (χ4v) is 6.43. The summed E-state index contributed by atoms with van der Waals surface area (Å²) in [5.74, 6) is 0.652. The van der Waals surface area contributed by atoms with E-state index in [-0.39, 0.29) is 11.4 Å². The summed E-state index contributed by atoms with van der Waals surface area (Å²) in [5.41, 5.74) is 5.34. The zero-order valence-corrected chi connectivity index (χ0v) is 26.8. The maximum absolute atomic E-state index is 12.7. The molecule has 11 nitrogen and oxygen atoms in total. The molecule has 1 aliphatic heterocycles. The van der Waals surface area contributed by atoms with Crippen molar-refractivity contribution in [2.45, 2.75) is 24.8 Å². The largest absolute Gasteiger partial charge is 0.483 e. The Hall–Kier alpha value is -4.78. The molecule has 0 unspecified atom stereocenters. The Labute approximate surface area is 269 Å². The van der Waals surface area contributed by atoms with Crippen LogP contribution in [0.3, 0.4) is 0 Å². The third-order valence-electron chi connectivity index (χ3n) is 7.94. The summed E-state index contributed by atoms with van der Waals surface area (Å²) >= 11 is 0. The number of aryl methyl sites for hydroxylation is 2. The Morgan fingerprint density at radius 3 is 2.28 bits per heavy atom. The second kappa shape index (κ2) is 15.0. The van der Waals surface area contributed by atoms with Gasteiger partial charge < -0.3 is 24.8 Å². The second-order valence-electron chi connectivity index (χ2n) is 11.3. The lowest BCUT2D eigenvalue weighted by atomic mass is 10.1. The smallest absolute Gasteiger partial charge is 0.290 e. The van der Waals surface area contributed by atoms with Crippen LogP contribution in [0.15, 0.2) is 96.3 Å². The standard InChI is InChI=1S/C33H37N7O2S.CH2O2/c1-25-4-11-30(12-5-25)43(41,42)37-29-9-7-28(8-10-29)36-33-23-31(34-24-35-33)26-6-13-32-27(22-26)14-17-40(32)16-3-15-39-20-18-38(2)19-21-39;2-1-3/h4-14,17,22-24,37H,3,15-16,18-21H2,1-2H3,(H,34,35,36);1H,(H,2,3). The van der Waals surface area contributed by atoms with Crippen LogP contribution in [0.1, 0.15) is 12.0 Å². The zero-order valence-electron chi connectivity index (χ0n) is 26.0. The fourth-order valence-electron chi connectivity index (χ4n) is 5.38. The number of nitrogens with one attached hydrogen (secondary N) is 2. The van der Waals surface area contributed by atoms with Crippen LogP contribution in [-0.4, -0.2) is 84.1 Å². The molecule has 0 bridgehead atoms. The summed E-state index contributed by atoms with van der Waals surface area (Å²) in [7, 11) is -1.47. The number of benzene rings is 3. The molecule has 2 aromatic heterocycles. The van der Waals surface area contributed by atoms with Crippen molar-refractivity contribution in [2.24, 2.45) is 0 Å². The first-order valence-corrected chi connectivity index (χ1v) is 16.6. The van der Waals surface area contributed by atoms with Crippen molar-refractivity contribution in [3.63, 3.8) is 0 Å². The molecule has 3 N–H and O–H groups in total. The van der Waals surface area contributed by atoms with Gasteiger partial charge >= 0.3 is 0 Å². The fraction of sp³-hybridized carbons (Fsp3) is 0.265. The highest BCUT2D eigenvalue weighted by Gasteiger charge is 2.15. The predicted octanol–water partition coefficient (Wildman–Crippen LogP) is 5.29. The normalized spacial score (nSPS) is 14.0. The van der Waals surface area contributed by atoms with Gasteiger partial charge in [-0.25, -0.2) is 18.4 Å². The summed E-state index contributed by atoms with van der Waals surface area (Å²) in [6, 6.07) is 24.4. The van der Waals surface area contributed by atoms with Gasteiger partial charge in [-0.2, -0.15) is 0 Å². The van der Waals surface area contributed by atoms with E-state index in [9.17, 15) is 8.42 Å². The van der Waals surface area contributed by atoms with E-state index in [0.29, 0.717) is 11.5 Å². The lowest BCUT2D eigenvalue weighted by Crippen LogP contribution is -2.44. The van der Waals surface area contributed by atoms with E-state index < -0.39 is 10.0 Å². The first kappa shape index (κ1) is 32.6. The van der Waals surface area contributed by atoms with E-state index in [1.54, 1.807) is 42.7 Å². The van der Waals surface area contributed by atoms with Gasteiger partial charge in [-0.1, -0.05) is 23.8 Å². The van der Waals surface area contributed by atoms with Crippen LogP contribution in [-0.2, 0) is 21.4 Å². The van der Waals surface area contributed by atoms with E-state index in [4.69, 9.17) is 9.90 Å². The van der Waals surface area contributed by atoms with Crippen molar-refractivity contribution >= 4 is 44.6 Å². The molecule has 6 rings (SSSR count). The highest BCUT2D eigenvalue weighted by molar-refractivity contribution is 7.92. The molecule has 1 saturated heterocycles. The number of carbonyl (C=O) groups is 1. The first-order valence-electron chi connectivity index (χ1n) is 15.1. The lowest BCUT2D eigenvalue weighted by Gasteiger charge is -2.32. The molecular weight excluding hydrogens is 602 g/mol. The zero-order chi connectivity index (χ0) is 32.5. The summed E-state index contributed by atoms with van der Waals surface area (Å²) in [4.78, 5) is 22.4. The van der Waals surface area contributed by atoms with Gasteiger partial charge in [-0.3, -0.25) is 9.52 Å². The molecule has 0 atom stereocenters. The van der Waals surface area contributed by atoms with E-state index in [2.05, 4.69) is 71.9 Å². The van der Waals surface area contributed by atoms with Crippen molar-refractivity contribution in [1.29, 1.82) is 0 Å². The average Bonchev–Trinajstić information content (AvgIpc) is 3.46. The minimum Gasteiger partial charge on any atom is -0.483 e. The van der Waals surface area contributed by atoms with Gasteiger partial charge in [0.1, 0.15) is 12.1 Å². The molecule has 12 heteroatoms. The molecule has 1 fully saturated rings. The molecule has 1 aliphatic rings. The summed E-state index contributed by atoms with van der Waals surface area (Å²) < 4.78 is 30.4. The molecule has 0 aliphatic carbocycles. The lowest BCUT2D eigenvalue weighted by molar-refractivity contribution is -0.122. The van der Waals surface area contributed by atoms with Crippen LogP contribution in [0.5, 0.6) is 0 Å². The highest BCUT2D eigenvalue weighted by Crippen LogP contribution is 2.27. The van der Waals surface area contributed by atoms with Gasteiger partial charge in [0.25, 0.3) is 16.5 Å². The van der Waals surface area contributed by atoms with Crippen LogP contribution in [0, 0.1) is 6.92 Å². The minimum absolute atomic E-state index is 0.227. The quantitative estimate of drug-likeness (QED) is 0.174. The first-order chi connectivity index (χ1) is 22.2. The van der Waals surface area contributed by atoms with Gasteiger partial charge in [0.05, 0.1) is 10.6 Å². The monoisotopic (exact) mass is 641 g/mol. The van der Waals surface area contributed by atoms with E-state index >= 15 is 0 Å². The van der Waals surface area contributed by atoms with Gasteiger partial charge in [0.15, 0.2) is 0 Å². The number of nitrogens with zero attached hydrogens (tertiary/aromatic N) is 5. The Morgan fingerprint density at radius 1 is 0.870 bits per heavy atom. The Morgan fingerprint density at radius 2 is 1.57 bits per heavy atom. The van der Waals surface area contributed by atoms with Crippen molar-refractivity contribution in [3.05, 3.63) is 97.0 Å². The molecule has 3 heterocycles. The number of rotatable bonds is 10. The van der Waals surface area contributed by atoms with Crippen LogP contribution in [0.4, 0.5) is 17.2 Å². The minimum atomic E-state index is -3.66. The predicted molar refractivity (Wildman–Crippen MR) is 182 cm³/mol. The topological polar surface area (TPSA) is 133 Å². The van der Waals surface area contributed by atoms with Gasteiger partial charge in [-0.05, 0) is 81.5 Å². The van der Waals surface area contributed by atoms with E-state index in [1.165, 1.54) is 10.9 Å². The van der Waals surface area contributed by atoms with Crippen LogP contribution in [0.2, 0.25) is 0 Å². The molecule has 5 aromatic rings. The number of carboxylic acid groups (broad SMARTS) is 1. The van der Waals surface area contributed by atoms with Gasteiger partial charge in [0, 0.05) is 72.8 Å². The second-order valence-corrected chi connectivity index (χ2v) is 13.0. The Kier molecular flexibility index (Phi) is 10.6. The van der Waals surface area contributed by atoms with Crippen molar-refractivity contribution < 1.29 is 18.3 Å². The van der Waals surface area contributed by atoms with Gasteiger partial charge in [-0.15, -0.1) is 0 Å². The number of fused-ring (bicyclic) bond motifs is 1.